The van der Waals surface area contributed by atoms with Gasteiger partial charge in [-0.2, -0.15) is 0 Å². The monoisotopic (exact) mass is 175 g/mol. The van der Waals surface area contributed by atoms with E-state index < -0.39 is 0 Å². The number of benzene rings is 1. The molecular formula is C10H9NO2. The van der Waals surface area contributed by atoms with E-state index in [0.29, 0.717) is 6.54 Å². The molecule has 0 bridgehead atoms. The van der Waals surface area contributed by atoms with Gasteiger partial charge in [0.15, 0.2) is 5.78 Å². The first-order valence-corrected chi connectivity index (χ1v) is 4.42. The number of fused-ring (bicyclic) bond motifs is 3. The van der Waals surface area contributed by atoms with E-state index >= 15 is 0 Å². The highest BCUT2D eigenvalue weighted by Crippen LogP contribution is 2.36. The lowest BCUT2D eigenvalue weighted by atomic mass is 10.1. The van der Waals surface area contributed by atoms with E-state index in [9.17, 15) is 4.79 Å². The van der Waals surface area contributed by atoms with Crippen molar-refractivity contribution in [1.82, 2.24) is 0 Å². The van der Waals surface area contributed by atoms with Crippen LogP contribution in [-0.4, -0.2) is 18.9 Å². The van der Waals surface area contributed by atoms with Crippen molar-refractivity contribution in [3.8, 4) is 5.75 Å². The molecule has 0 radical (unpaired) electrons. The topological polar surface area (TPSA) is 38.3 Å². The van der Waals surface area contributed by atoms with Crippen molar-refractivity contribution in [1.29, 1.82) is 0 Å². The van der Waals surface area contributed by atoms with Crippen molar-refractivity contribution in [3.63, 3.8) is 0 Å². The summed E-state index contributed by atoms with van der Waals surface area (Å²) in [6.07, 6.45) is 0.915. The Morgan fingerprint density at radius 2 is 2.31 bits per heavy atom. The van der Waals surface area contributed by atoms with Crippen LogP contribution in [0.3, 0.4) is 0 Å². The lowest BCUT2D eigenvalue weighted by Crippen LogP contribution is -2.00. The standard InChI is InChI=1S/C10H9NO2/c12-8-5-11-10-6(8)1-2-9-7(10)3-4-13-9/h1-2,11H,3-5H2. The first-order chi connectivity index (χ1) is 6.36. The summed E-state index contributed by atoms with van der Waals surface area (Å²) >= 11 is 0. The number of rotatable bonds is 0. The Labute approximate surface area is 75.7 Å². The van der Waals surface area contributed by atoms with Crippen LogP contribution in [0.5, 0.6) is 5.75 Å². The Balaban J connectivity index is 2.26. The van der Waals surface area contributed by atoms with E-state index in [1.165, 1.54) is 5.56 Å². The van der Waals surface area contributed by atoms with Gasteiger partial charge < -0.3 is 10.1 Å². The van der Waals surface area contributed by atoms with Gasteiger partial charge in [0.25, 0.3) is 0 Å². The Kier molecular flexibility index (Phi) is 1.20. The summed E-state index contributed by atoms with van der Waals surface area (Å²) in [5.74, 6) is 1.12. The molecule has 0 fully saturated rings. The van der Waals surface area contributed by atoms with Crippen molar-refractivity contribution in [2.75, 3.05) is 18.5 Å². The van der Waals surface area contributed by atoms with Crippen molar-refractivity contribution >= 4 is 11.5 Å². The Morgan fingerprint density at radius 1 is 1.38 bits per heavy atom. The molecule has 2 aliphatic rings. The van der Waals surface area contributed by atoms with E-state index in [1.54, 1.807) is 0 Å². The van der Waals surface area contributed by atoms with Crippen LogP contribution in [0.25, 0.3) is 0 Å². The second-order valence-corrected chi connectivity index (χ2v) is 3.34. The molecule has 2 heterocycles. The summed E-state index contributed by atoms with van der Waals surface area (Å²) in [4.78, 5) is 11.4. The molecule has 0 saturated carbocycles. The van der Waals surface area contributed by atoms with Crippen molar-refractivity contribution in [3.05, 3.63) is 23.3 Å². The van der Waals surface area contributed by atoms with Crippen LogP contribution in [0.2, 0.25) is 0 Å². The fraction of sp³-hybridized carbons (Fsp3) is 0.300. The van der Waals surface area contributed by atoms with E-state index in [2.05, 4.69) is 5.32 Å². The maximum absolute atomic E-state index is 11.4. The van der Waals surface area contributed by atoms with Crippen molar-refractivity contribution < 1.29 is 9.53 Å². The van der Waals surface area contributed by atoms with Crippen LogP contribution < -0.4 is 10.1 Å². The van der Waals surface area contributed by atoms with Gasteiger partial charge in [-0.25, -0.2) is 0 Å². The van der Waals surface area contributed by atoms with Gasteiger partial charge in [-0.05, 0) is 12.1 Å². The Morgan fingerprint density at radius 3 is 3.23 bits per heavy atom. The van der Waals surface area contributed by atoms with E-state index in [1.807, 2.05) is 12.1 Å². The molecule has 2 aliphatic heterocycles. The minimum absolute atomic E-state index is 0.185. The maximum atomic E-state index is 11.4. The van der Waals surface area contributed by atoms with Gasteiger partial charge >= 0.3 is 0 Å². The van der Waals surface area contributed by atoms with Gasteiger partial charge in [0.05, 0.1) is 18.8 Å². The smallest absolute Gasteiger partial charge is 0.183 e. The van der Waals surface area contributed by atoms with Gasteiger partial charge in [0, 0.05) is 17.5 Å². The van der Waals surface area contributed by atoms with Gasteiger partial charge in [-0.1, -0.05) is 0 Å². The summed E-state index contributed by atoms with van der Waals surface area (Å²) in [6.45, 7) is 1.17. The normalized spacial score (nSPS) is 17.7. The average molecular weight is 175 g/mol. The minimum Gasteiger partial charge on any atom is -0.493 e. The number of hydrogen-bond donors (Lipinski definition) is 1. The van der Waals surface area contributed by atoms with Crippen LogP contribution in [0.1, 0.15) is 15.9 Å². The van der Waals surface area contributed by atoms with Crippen LogP contribution in [0.4, 0.5) is 5.69 Å². The van der Waals surface area contributed by atoms with Crippen LogP contribution >= 0.6 is 0 Å². The first-order valence-electron chi connectivity index (χ1n) is 4.42. The van der Waals surface area contributed by atoms with Gasteiger partial charge in [0.2, 0.25) is 0 Å². The fourth-order valence-electron chi connectivity index (χ4n) is 1.97. The first kappa shape index (κ1) is 6.95. The molecule has 0 saturated heterocycles. The Hall–Kier alpha value is -1.51. The molecule has 3 heteroatoms. The number of nitrogens with one attached hydrogen (secondary N) is 1. The summed E-state index contributed by atoms with van der Waals surface area (Å²) in [6, 6.07) is 3.74. The number of carbonyl (C=O) groups is 1. The molecule has 0 spiro atoms. The van der Waals surface area contributed by atoms with Crippen LogP contribution in [0.15, 0.2) is 12.1 Å². The molecule has 1 N–H and O–H groups in total. The Bertz CT molecular complexity index is 398. The number of ether oxygens (including phenoxy) is 1. The molecule has 0 amide bonds. The number of ketones is 1. The molecule has 0 unspecified atom stereocenters. The molecule has 13 heavy (non-hydrogen) atoms. The SMILES string of the molecule is O=C1CNc2c1ccc1c2CCO1. The molecule has 3 rings (SSSR count). The van der Waals surface area contributed by atoms with E-state index in [4.69, 9.17) is 4.74 Å². The minimum atomic E-state index is 0.185. The van der Waals surface area contributed by atoms with Gasteiger partial charge in [-0.3, -0.25) is 4.79 Å². The number of hydrogen-bond acceptors (Lipinski definition) is 3. The number of Topliss-reactive ketones (excluding diaryl/α,β-unsaturated/α-hetero) is 1. The summed E-state index contributed by atoms with van der Waals surface area (Å²) < 4.78 is 5.41. The largest absolute Gasteiger partial charge is 0.493 e. The maximum Gasteiger partial charge on any atom is 0.183 e. The lowest BCUT2D eigenvalue weighted by molar-refractivity contribution is 0.101. The van der Waals surface area contributed by atoms with Gasteiger partial charge in [0.1, 0.15) is 5.75 Å². The predicted molar refractivity (Wildman–Crippen MR) is 48.5 cm³/mol. The second-order valence-electron chi connectivity index (χ2n) is 3.34. The molecular weight excluding hydrogens is 166 g/mol. The molecule has 1 aromatic carbocycles. The molecule has 0 aromatic heterocycles. The van der Waals surface area contributed by atoms with Gasteiger partial charge in [-0.15, -0.1) is 0 Å². The third kappa shape index (κ3) is 0.813. The third-order valence-electron chi connectivity index (χ3n) is 2.61. The molecule has 0 aliphatic carbocycles. The highest BCUT2D eigenvalue weighted by atomic mass is 16.5. The van der Waals surface area contributed by atoms with Crippen LogP contribution in [0, 0.1) is 0 Å². The quantitative estimate of drug-likeness (QED) is 0.644. The van der Waals surface area contributed by atoms with Crippen molar-refractivity contribution in [2.45, 2.75) is 6.42 Å². The zero-order valence-corrected chi connectivity index (χ0v) is 7.09. The number of anilines is 1. The predicted octanol–water partition coefficient (Wildman–Crippen LogP) is 1.23. The summed E-state index contributed by atoms with van der Waals surface area (Å²) in [5.41, 5.74) is 2.99. The second kappa shape index (κ2) is 2.25. The van der Waals surface area contributed by atoms with E-state index in [-0.39, 0.29) is 5.78 Å². The highest BCUT2D eigenvalue weighted by Gasteiger charge is 2.26. The molecule has 1 aromatic rings. The molecule has 66 valence electrons. The van der Waals surface area contributed by atoms with Crippen molar-refractivity contribution in [2.24, 2.45) is 0 Å². The zero-order valence-electron chi connectivity index (χ0n) is 7.09. The lowest BCUT2D eigenvalue weighted by Gasteiger charge is -2.03. The zero-order chi connectivity index (χ0) is 8.84. The summed E-state index contributed by atoms with van der Waals surface area (Å²) in [5, 5.41) is 3.12. The number of carbonyl (C=O) groups excluding carboxylic acids is 1. The molecule has 0 atom stereocenters. The fourth-order valence-corrected chi connectivity index (χ4v) is 1.97. The molecule has 3 nitrogen and oxygen atoms in total. The highest BCUT2D eigenvalue weighted by molar-refractivity contribution is 6.09. The average Bonchev–Trinajstić information content (AvgIpc) is 2.70. The third-order valence-corrected chi connectivity index (χ3v) is 2.61. The van der Waals surface area contributed by atoms with Crippen LogP contribution in [-0.2, 0) is 6.42 Å². The summed E-state index contributed by atoms with van der Waals surface area (Å²) in [7, 11) is 0. The van der Waals surface area contributed by atoms with E-state index in [0.717, 1.165) is 30.0 Å².